The number of fused-ring (bicyclic) bond motifs is 5. The predicted octanol–water partition coefficient (Wildman–Crippen LogP) is 16.2. The summed E-state index contributed by atoms with van der Waals surface area (Å²) in [5.74, 6) is 0.907. The molecule has 0 heterocycles. The van der Waals surface area contributed by atoms with E-state index in [4.69, 9.17) is 4.74 Å². The molecule has 3 heteroatoms. The van der Waals surface area contributed by atoms with Gasteiger partial charge in [0.2, 0.25) is 0 Å². The lowest BCUT2D eigenvalue weighted by Gasteiger charge is -2.28. The first-order chi connectivity index (χ1) is 30.7. The summed E-state index contributed by atoms with van der Waals surface area (Å²) in [5.41, 5.74) is 16.4. The number of hydrogen-bond donors (Lipinski definition) is 0. The lowest BCUT2D eigenvalue weighted by molar-refractivity contribution is 0.424. The third-order valence-electron chi connectivity index (χ3n) is 12.1. The first-order valence-corrected chi connectivity index (χ1v) is 21.1. The normalized spacial score (nSPS) is 11.6. The van der Waals surface area contributed by atoms with Crippen LogP contribution in [0.15, 0.2) is 231 Å². The van der Waals surface area contributed by atoms with Gasteiger partial charge in [-0.2, -0.15) is 0 Å². The van der Waals surface area contributed by atoms with Crippen LogP contribution in [0, 0.1) is 0 Å². The van der Waals surface area contributed by atoms with Crippen molar-refractivity contribution < 1.29 is 4.74 Å². The maximum absolute atomic E-state index is 6.02. The Morgan fingerprint density at radius 3 is 1.10 bits per heavy atom. The minimum atomic E-state index is 0.907. The van der Waals surface area contributed by atoms with E-state index in [2.05, 4.69) is 246 Å². The van der Waals surface area contributed by atoms with Crippen LogP contribution in [0.3, 0.4) is 0 Å². The van der Waals surface area contributed by atoms with Crippen LogP contribution in [0.25, 0.3) is 55.4 Å². The van der Waals surface area contributed by atoms with Crippen LogP contribution in [-0.4, -0.2) is 7.11 Å². The lowest BCUT2D eigenvalue weighted by Crippen LogP contribution is -2.12. The smallest absolute Gasteiger partial charge is 0.134 e. The highest BCUT2D eigenvalue weighted by Crippen LogP contribution is 2.47. The van der Waals surface area contributed by atoms with Gasteiger partial charge in [-0.1, -0.05) is 158 Å². The number of rotatable bonds is 9. The van der Waals surface area contributed by atoms with E-state index in [1.165, 1.54) is 44.2 Å². The molecule has 0 aromatic heterocycles. The molecular formula is C59H42N2O. The van der Waals surface area contributed by atoms with Gasteiger partial charge in [-0.3, -0.25) is 0 Å². The second-order valence-electron chi connectivity index (χ2n) is 15.6. The second-order valence-corrected chi connectivity index (χ2v) is 15.6. The van der Waals surface area contributed by atoms with Crippen molar-refractivity contribution in [2.75, 3.05) is 16.9 Å². The second kappa shape index (κ2) is 15.8. The van der Waals surface area contributed by atoms with Crippen molar-refractivity contribution in [2.45, 2.75) is 0 Å². The summed E-state index contributed by atoms with van der Waals surface area (Å²) in [6, 6.07) is 82.6. The van der Waals surface area contributed by atoms with Gasteiger partial charge in [-0.15, -0.1) is 0 Å². The van der Waals surface area contributed by atoms with E-state index in [0.717, 1.165) is 61.8 Å². The number of methoxy groups -OCH3 is 1. The predicted molar refractivity (Wildman–Crippen MR) is 262 cm³/mol. The van der Waals surface area contributed by atoms with E-state index in [0.29, 0.717) is 0 Å². The number of hydrogen-bond acceptors (Lipinski definition) is 3. The maximum Gasteiger partial charge on any atom is 0.134 e. The molecule has 10 aromatic rings. The van der Waals surface area contributed by atoms with E-state index in [-0.39, 0.29) is 0 Å². The van der Waals surface area contributed by atoms with Gasteiger partial charge in [0.25, 0.3) is 0 Å². The van der Waals surface area contributed by atoms with Crippen LogP contribution >= 0.6 is 0 Å². The summed E-state index contributed by atoms with van der Waals surface area (Å²) in [6.45, 7) is 0. The Morgan fingerprint density at radius 1 is 0.323 bits per heavy atom. The van der Waals surface area contributed by atoms with Gasteiger partial charge in [0.1, 0.15) is 5.75 Å². The molecule has 0 N–H and O–H groups in total. The van der Waals surface area contributed by atoms with Crippen LogP contribution in [0.2, 0.25) is 0 Å². The van der Waals surface area contributed by atoms with E-state index in [1.54, 1.807) is 7.11 Å². The van der Waals surface area contributed by atoms with Crippen molar-refractivity contribution in [2.24, 2.45) is 0 Å². The van der Waals surface area contributed by atoms with Crippen molar-refractivity contribution in [3.63, 3.8) is 0 Å². The number of benzene rings is 10. The summed E-state index contributed by atoms with van der Waals surface area (Å²) in [6.07, 6.45) is 2.33. The summed E-state index contributed by atoms with van der Waals surface area (Å²) in [5, 5.41) is 4.55. The molecule has 11 rings (SSSR count). The van der Waals surface area contributed by atoms with Crippen molar-refractivity contribution >= 4 is 67.3 Å². The summed E-state index contributed by atoms with van der Waals surface area (Å²) in [4.78, 5) is 4.65. The monoisotopic (exact) mass is 794 g/mol. The van der Waals surface area contributed by atoms with E-state index >= 15 is 0 Å². The fraction of sp³-hybridized carbons (Fsp3) is 0.0169. The Kier molecular flexibility index (Phi) is 9.40. The molecule has 0 atom stereocenters. The van der Waals surface area contributed by atoms with Gasteiger partial charge < -0.3 is 14.5 Å². The maximum atomic E-state index is 6.02. The molecule has 294 valence electrons. The van der Waals surface area contributed by atoms with E-state index < -0.39 is 0 Å². The van der Waals surface area contributed by atoms with Crippen LogP contribution in [0.5, 0.6) is 5.75 Å². The molecule has 0 aliphatic heterocycles. The highest BCUT2D eigenvalue weighted by Gasteiger charge is 2.23. The quantitative estimate of drug-likeness (QED) is 0.135. The minimum absolute atomic E-state index is 0.907. The van der Waals surface area contributed by atoms with E-state index in [9.17, 15) is 0 Å². The largest absolute Gasteiger partial charge is 0.495 e. The van der Waals surface area contributed by atoms with E-state index in [1.807, 2.05) is 0 Å². The fourth-order valence-corrected chi connectivity index (χ4v) is 9.29. The molecule has 1 aliphatic rings. The van der Waals surface area contributed by atoms with Gasteiger partial charge in [-0.05, 0) is 134 Å². The molecule has 0 amide bonds. The zero-order chi connectivity index (χ0) is 41.4. The molecule has 0 saturated carbocycles. The third kappa shape index (κ3) is 6.48. The van der Waals surface area contributed by atoms with Gasteiger partial charge in [-0.25, -0.2) is 0 Å². The number of anilines is 6. The van der Waals surface area contributed by atoms with Crippen LogP contribution in [0.4, 0.5) is 34.1 Å². The molecule has 0 unspecified atom stereocenters. The zero-order valence-electron chi connectivity index (χ0n) is 34.3. The standard InChI is InChI=1S/C59H42N2O/c1-62-59-55-26-14-12-24-53(55)58(54-25-13-15-27-56(54)59)42-30-34-46(35-31-42)61(48-38-36-47(37-39-48)60(43-16-4-2-5-17-43)44-18-6-3-7-19-44)45-32-28-41(29-33-45)40-57-51-22-10-8-20-49(51)50-21-9-11-23-52(50)57/h2-40H,1H3. The first kappa shape index (κ1) is 36.9. The fourth-order valence-electron chi connectivity index (χ4n) is 9.29. The highest BCUT2D eigenvalue weighted by atomic mass is 16.5. The molecule has 0 spiro atoms. The topological polar surface area (TPSA) is 15.7 Å². The summed E-state index contributed by atoms with van der Waals surface area (Å²) < 4.78 is 6.02. The summed E-state index contributed by atoms with van der Waals surface area (Å²) in [7, 11) is 1.76. The number of nitrogens with zero attached hydrogens (tertiary/aromatic N) is 2. The molecular weight excluding hydrogens is 753 g/mol. The lowest BCUT2D eigenvalue weighted by atomic mass is 9.91. The Hall–Kier alpha value is -8.14. The zero-order valence-corrected chi connectivity index (χ0v) is 34.3. The molecule has 0 radical (unpaired) electrons. The van der Waals surface area contributed by atoms with Crippen molar-refractivity contribution in [3.8, 4) is 28.0 Å². The highest BCUT2D eigenvalue weighted by molar-refractivity contribution is 6.17. The Balaban J connectivity index is 1.02. The molecule has 1 aliphatic carbocycles. The summed E-state index contributed by atoms with van der Waals surface area (Å²) >= 11 is 0. The average Bonchev–Trinajstić information content (AvgIpc) is 3.65. The molecule has 3 nitrogen and oxygen atoms in total. The molecule has 0 fully saturated rings. The van der Waals surface area contributed by atoms with Crippen LogP contribution in [0.1, 0.15) is 16.7 Å². The van der Waals surface area contributed by atoms with Gasteiger partial charge >= 0.3 is 0 Å². The van der Waals surface area contributed by atoms with Gasteiger partial charge in [0.15, 0.2) is 0 Å². The molecule has 0 saturated heterocycles. The number of ether oxygens (including phenoxy) is 1. The third-order valence-corrected chi connectivity index (χ3v) is 12.1. The Bertz CT molecular complexity index is 3100. The molecule has 10 aromatic carbocycles. The average molecular weight is 795 g/mol. The SMILES string of the molecule is COc1c2ccccc2c(-c2ccc(N(c3ccc(C=C4c5ccccc5-c5ccccc54)cc3)c3ccc(N(c4ccccc4)c4ccccc4)cc3)cc2)c2ccccc12. The van der Waals surface area contributed by atoms with Gasteiger partial charge in [0, 0.05) is 44.9 Å². The Morgan fingerprint density at radius 2 is 0.661 bits per heavy atom. The van der Waals surface area contributed by atoms with Crippen molar-refractivity contribution in [1.82, 2.24) is 0 Å². The Labute approximate surface area is 362 Å². The first-order valence-electron chi connectivity index (χ1n) is 21.1. The van der Waals surface area contributed by atoms with Crippen LogP contribution in [-0.2, 0) is 0 Å². The van der Waals surface area contributed by atoms with Crippen molar-refractivity contribution in [1.29, 1.82) is 0 Å². The van der Waals surface area contributed by atoms with Crippen molar-refractivity contribution in [3.05, 3.63) is 247 Å². The molecule has 62 heavy (non-hydrogen) atoms. The van der Waals surface area contributed by atoms with Gasteiger partial charge in [0.05, 0.1) is 7.11 Å². The molecule has 0 bridgehead atoms. The minimum Gasteiger partial charge on any atom is -0.495 e. The number of para-hydroxylation sites is 2. The van der Waals surface area contributed by atoms with Crippen LogP contribution < -0.4 is 14.5 Å².